The number of carbonyl (C=O) groups is 2. The van der Waals surface area contributed by atoms with Gasteiger partial charge in [0.25, 0.3) is 5.91 Å². The molecular formula is C17H20ClN3O2. The summed E-state index contributed by atoms with van der Waals surface area (Å²) in [7, 11) is 0. The standard InChI is InChI=1S/C17H20ClN3O2/c1-2-3-4-9-21-10-13-14(16(21)22)15(20-17(23)19-13)11-5-7-12(18)8-6-11/h5-8,15H,2-4,9-10H2,1H3,(H2,19,20,23). The van der Waals surface area contributed by atoms with Crippen molar-refractivity contribution in [1.29, 1.82) is 0 Å². The van der Waals surface area contributed by atoms with Gasteiger partial charge in [-0.05, 0) is 24.1 Å². The minimum Gasteiger partial charge on any atom is -0.333 e. The van der Waals surface area contributed by atoms with Crippen LogP contribution in [0, 0.1) is 0 Å². The maximum absolute atomic E-state index is 12.7. The predicted molar refractivity (Wildman–Crippen MR) is 89.0 cm³/mol. The molecule has 2 heterocycles. The van der Waals surface area contributed by atoms with Crippen LogP contribution in [-0.2, 0) is 4.79 Å². The van der Waals surface area contributed by atoms with Crippen LogP contribution < -0.4 is 10.6 Å². The molecule has 23 heavy (non-hydrogen) atoms. The molecule has 5 nitrogen and oxygen atoms in total. The van der Waals surface area contributed by atoms with Crippen LogP contribution in [-0.4, -0.2) is 29.9 Å². The third kappa shape index (κ3) is 3.20. The van der Waals surface area contributed by atoms with Gasteiger partial charge in [-0.1, -0.05) is 43.5 Å². The second-order valence-corrected chi connectivity index (χ2v) is 6.35. The first kappa shape index (κ1) is 15.9. The van der Waals surface area contributed by atoms with Gasteiger partial charge in [0.1, 0.15) is 0 Å². The van der Waals surface area contributed by atoms with Crippen LogP contribution in [0.3, 0.4) is 0 Å². The van der Waals surface area contributed by atoms with Crippen LogP contribution >= 0.6 is 11.6 Å². The number of benzene rings is 1. The largest absolute Gasteiger partial charge is 0.333 e. The molecule has 0 bridgehead atoms. The van der Waals surface area contributed by atoms with E-state index in [4.69, 9.17) is 11.6 Å². The van der Waals surface area contributed by atoms with Gasteiger partial charge in [0.15, 0.2) is 0 Å². The lowest BCUT2D eigenvalue weighted by Gasteiger charge is -2.25. The lowest BCUT2D eigenvalue weighted by molar-refractivity contribution is -0.125. The summed E-state index contributed by atoms with van der Waals surface area (Å²) in [4.78, 5) is 26.5. The second-order valence-electron chi connectivity index (χ2n) is 5.91. The molecule has 1 aromatic rings. The number of hydrogen-bond acceptors (Lipinski definition) is 2. The molecule has 1 atom stereocenters. The van der Waals surface area contributed by atoms with E-state index in [2.05, 4.69) is 17.6 Å². The fourth-order valence-electron chi connectivity index (χ4n) is 3.07. The molecule has 1 aromatic carbocycles. The highest BCUT2D eigenvalue weighted by molar-refractivity contribution is 6.30. The Bertz CT molecular complexity index is 654. The van der Waals surface area contributed by atoms with Gasteiger partial charge in [0.2, 0.25) is 0 Å². The maximum Gasteiger partial charge on any atom is 0.319 e. The van der Waals surface area contributed by atoms with Crippen molar-refractivity contribution < 1.29 is 9.59 Å². The van der Waals surface area contributed by atoms with E-state index in [9.17, 15) is 9.59 Å². The Labute approximate surface area is 140 Å². The summed E-state index contributed by atoms with van der Waals surface area (Å²) >= 11 is 5.93. The van der Waals surface area contributed by atoms with Crippen molar-refractivity contribution in [3.05, 3.63) is 46.1 Å². The molecule has 0 aliphatic carbocycles. The normalized spacial score (nSPS) is 20.4. The summed E-state index contributed by atoms with van der Waals surface area (Å²) in [5, 5.41) is 6.25. The monoisotopic (exact) mass is 333 g/mol. The Morgan fingerprint density at radius 3 is 2.65 bits per heavy atom. The highest BCUT2D eigenvalue weighted by atomic mass is 35.5. The molecule has 0 radical (unpaired) electrons. The molecule has 3 amide bonds. The molecule has 0 saturated heterocycles. The third-order valence-corrected chi connectivity index (χ3v) is 4.51. The van der Waals surface area contributed by atoms with Gasteiger partial charge in [-0.3, -0.25) is 4.79 Å². The van der Waals surface area contributed by atoms with Gasteiger partial charge in [-0.2, -0.15) is 0 Å². The van der Waals surface area contributed by atoms with Crippen molar-refractivity contribution in [1.82, 2.24) is 15.5 Å². The summed E-state index contributed by atoms with van der Waals surface area (Å²) in [6.45, 7) is 3.34. The van der Waals surface area contributed by atoms with Gasteiger partial charge in [0, 0.05) is 11.6 Å². The van der Waals surface area contributed by atoms with E-state index in [1.807, 2.05) is 17.0 Å². The first-order chi connectivity index (χ1) is 11.1. The molecule has 2 aliphatic heterocycles. The Hall–Kier alpha value is -2.01. The minimum absolute atomic E-state index is 0.00329. The average molecular weight is 334 g/mol. The fourth-order valence-corrected chi connectivity index (χ4v) is 3.19. The smallest absolute Gasteiger partial charge is 0.319 e. The zero-order chi connectivity index (χ0) is 16.4. The number of halogens is 1. The Morgan fingerprint density at radius 2 is 1.96 bits per heavy atom. The molecular weight excluding hydrogens is 314 g/mol. The van der Waals surface area contributed by atoms with Gasteiger partial charge < -0.3 is 15.5 Å². The summed E-state index contributed by atoms with van der Waals surface area (Å²) in [6.07, 6.45) is 3.19. The van der Waals surface area contributed by atoms with Crippen molar-refractivity contribution >= 4 is 23.5 Å². The molecule has 0 fully saturated rings. The van der Waals surface area contributed by atoms with E-state index in [1.165, 1.54) is 0 Å². The van der Waals surface area contributed by atoms with E-state index in [0.29, 0.717) is 17.1 Å². The van der Waals surface area contributed by atoms with Crippen LogP contribution in [0.1, 0.15) is 37.8 Å². The highest BCUT2D eigenvalue weighted by Gasteiger charge is 2.39. The number of nitrogens with one attached hydrogen (secondary N) is 2. The first-order valence-corrected chi connectivity index (χ1v) is 8.33. The lowest BCUT2D eigenvalue weighted by Crippen LogP contribution is -2.44. The Kier molecular flexibility index (Phi) is 4.57. The average Bonchev–Trinajstić information content (AvgIpc) is 2.84. The van der Waals surface area contributed by atoms with Crippen molar-refractivity contribution in [2.45, 2.75) is 32.2 Å². The van der Waals surface area contributed by atoms with Gasteiger partial charge >= 0.3 is 6.03 Å². The molecule has 1 unspecified atom stereocenters. The molecule has 0 spiro atoms. The van der Waals surface area contributed by atoms with Crippen molar-refractivity contribution in [3.63, 3.8) is 0 Å². The van der Waals surface area contributed by atoms with Crippen LogP contribution in [0.5, 0.6) is 0 Å². The first-order valence-electron chi connectivity index (χ1n) is 7.95. The topological polar surface area (TPSA) is 61.4 Å². The Balaban J connectivity index is 1.84. The summed E-state index contributed by atoms with van der Waals surface area (Å²) in [5.41, 5.74) is 2.22. The fraction of sp³-hybridized carbons (Fsp3) is 0.412. The molecule has 0 aromatic heterocycles. The third-order valence-electron chi connectivity index (χ3n) is 4.26. The molecule has 3 rings (SSSR count). The number of rotatable bonds is 5. The molecule has 6 heteroatoms. The van der Waals surface area contributed by atoms with Crippen LogP contribution in [0.25, 0.3) is 0 Å². The van der Waals surface area contributed by atoms with Crippen LogP contribution in [0.4, 0.5) is 4.79 Å². The van der Waals surface area contributed by atoms with E-state index < -0.39 is 6.04 Å². The molecule has 0 saturated carbocycles. The predicted octanol–water partition coefficient (Wildman–Crippen LogP) is 2.98. The molecule has 122 valence electrons. The van der Waals surface area contributed by atoms with Crippen molar-refractivity contribution in [2.75, 3.05) is 13.1 Å². The van der Waals surface area contributed by atoms with E-state index in [0.717, 1.165) is 37.1 Å². The number of hydrogen-bond donors (Lipinski definition) is 2. The van der Waals surface area contributed by atoms with Gasteiger partial charge in [-0.25, -0.2) is 4.79 Å². The van der Waals surface area contributed by atoms with E-state index in [1.54, 1.807) is 12.1 Å². The molecule has 2 N–H and O–H groups in total. The zero-order valence-electron chi connectivity index (χ0n) is 13.1. The van der Waals surface area contributed by atoms with Gasteiger partial charge in [-0.15, -0.1) is 0 Å². The zero-order valence-corrected chi connectivity index (χ0v) is 13.8. The Morgan fingerprint density at radius 1 is 1.22 bits per heavy atom. The maximum atomic E-state index is 12.7. The highest BCUT2D eigenvalue weighted by Crippen LogP contribution is 2.33. The summed E-state index contributed by atoms with van der Waals surface area (Å²) in [5.74, 6) is 0.00329. The summed E-state index contributed by atoms with van der Waals surface area (Å²) < 4.78 is 0. The second kappa shape index (κ2) is 6.62. The summed E-state index contributed by atoms with van der Waals surface area (Å²) in [6, 6.07) is 6.53. The lowest BCUT2D eigenvalue weighted by atomic mass is 9.96. The van der Waals surface area contributed by atoms with Crippen molar-refractivity contribution in [2.24, 2.45) is 0 Å². The number of nitrogens with zero attached hydrogens (tertiary/aromatic N) is 1. The van der Waals surface area contributed by atoms with E-state index >= 15 is 0 Å². The minimum atomic E-state index is -0.417. The number of carbonyl (C=O) groups excluding carboxylic acids is 2. The van der Waals surface area contributed by atoms with Crippen molar-refractivity contribution in [3.8, 4) is 0 Å². The quantitative estimate of drug-likeness (QED) is 0.814. The number of amides is 3. The SMILES string of the molecule is CCCCCN1CC2=C(C1=O)C(c1ccc(Cl)cc1)NC(=O)N2. The van der Waals surface area contributed by atoms with Gasteiger partial charge in [0.05, 0.1) is 23.9 Å². The number of urea groups is 1. The van der Waals surface area contributed by atoms with Crippen LogP contribution in [0.15, 0.2) is 35.5 Å². The van der Waals surface area contributed by atoms with E-state index in [-0.39, 0.29) is 11.9 Å². The molecule has 2 aliphatic rings. The van der Waals surface area contributed by atoms with Crippen LogP contribution in [0.2, 0.25) is 5.02 Å². The number of unbranched alkanes of at least 4 members (excludes halogenated alkanes) is 2.